The van der Waals surface area contributed by atoms with Crippen molar-refractivity contribution in [1.82, 2.24) is 4.90 Å². The van der Waals surface area contributed by atoms with Crippen LogP contribution in [-0.2, 0) is 9.53 Å². The molecule has 208 valence electrons. The lowest BCUT2D eigenvalue weighted by atomic mass is 9.91. The number of nitrogens with zero attached hydrogens (tertiary/aromatic N) is 1. The molecule has 0 rings (SSSR count). The van der Waals surface area contributed by atoms with E-state index < -0.39 is 0 Å². The van der Waals surface area contributed by atoms with Crippen molar-refractivity contribution in [2.45, 2.75) is 155 Å². The number of hydrogen-bond acceptors (Lipinski definition) is 3. The van der Waals surface area contributed by atoms with Gasteiger partial charge in [-0.2, -0.15) is 0 Å². The average Bonchev–Trinajstić information content (AvgIpc) is 2.85. The van der Waals surface area contributed by atoms with Crippen LogP contribution in [0.15, 0.2) is 12.2 Å². The van der Waals surface area contributed by atoms with Gasteiger partial charge in [-0.25, -0.2) is 0 Å². The van der Waals surface area contributed by atoms with E-state index in [9.17, 15) is 4.79 Å². The molecular formula is C32H63NO2. The van der Waals surface area contributed by atoms with Crippen LogP contribution in [0, 0.1) is 5.92 Å². The van der Waals surface area contributed by atoms with Crippen LogP contribution in [-0.4, -0.2) is 38.6 Å². The molecule has 0 aliphatic heterocycles. The third-order valence-electron chi connectivity index (χ3n) is 7.33. The Morgan fingerprint density at radius 2 is 1.11 bits per heavy atom. The second-order valence-electron chi connectivity index (χ2n) is 11.1. The van der Waals surface area contributed by atoms with Crippen molar-refractivity contribution >= 4 is 5.97 Å². The minimum atomic E-state index is -0.0732. The predicted octanol–water partition coefficient (Wildman–Crippen LogP) is 9.89. The number of allylic oxidation sites excluding steroid dienone is 2. The van der Waals surface area contributed by atoms with Crippen LogP contribution in [0.25, 0.3) is 0 Å². The molecular weight excluding hydrogens is 430 g/mol. The molecule has 0 aliphatic carbocycles. The van der Waals surface area contributed by atoms with Gasteiger partial charge in [0.15, 0.2) is 0 Å². The summed E-state index contributed by atoms with van der Waals surface area (Å²) in [5, 5.41) is 0. The summed E-state index contributed by atoms with van der Waals surface area (Å²) in [6.07, 6.45) is 35.1. The van der Waals surface area contributed by atoms with Crippen LogP contribution in [0.5, 0.6) is 0 Å². The van der Waals surface area contributed by atoms with Gasteiger partial charge in [-0.3, -0.25) is 4.79 Å². The first kappa shape index (κ1) is 34.2. The van der Waals surface area contributed by atoms with Gasteiger partial charge in [0.25, 0.3) is 0 Å². The van der Waals surface area contributed by atoms with Crippen LogP contribution in [0.3, 0.4) is 0 Å². The standard InChI is InChI=1S/C32H63NO2/c1-5-6-7-8-20-23-26-31(29-30-33(2)3)27-24-21-18-16-14-12-10-9-11-13-15-17-19-22-25-28-32(34)35-4/h9,11,31H,5-8,10,12-30H2,1-4H3. The Labute approximate surface area is 220 Å². The van der Waals surface area contributed by atoms with Gasteiger partial charge in [-0.1, -0.05) is 122 Å². The summed E-state index contributed by atoms with van der Waals surface area (Å²) >= 11 is 0. The van der Waals surface area contributed by atoms with Gasteiger partial charge < -0.3 is 9.64 Å². The molecule has 0 heterocycles. The monoisotopic (exact) mass is 493 g/mol. The fraction of sp³-hybridized carbons (Fsp3) is 0.906. The Hall–Kier alpha value is -0.830. The maximum Gasteiger partial charge on any atom is 0.305 e. The summed E-state index contributed by atoms with van der Waals surface area (Å²) in [6, 6.07) is 0. The number of rotatable bonds is 27. The van der Waals surface area contributed by atoms with Gasteiger partial charge in [0.05, 0.1) is 7.11 Å². The smallest absolute Gasteiger partial charge is 0.305 e. The van der Waals surface area contributed by atoms with E-state index in [1.54, 1.807) is 0 Å². The first-order chi connectivity index (χ1) is 17.1. The molecule has 0 N–H and O–H groups in total. The van der Waals surface area contributed by atoms with E-state index in [1.807, 2.05) is 0 Å². The molecule has 3 nitrogen and oxygen atoms in total. The maximum absolute atomic E-state index is 11.1. The summed E-state index contributed by atoms with van der Waals surface area (Å²) < 4.78 is 4.67. The second kappa shape index (κ2) is 27.8. The van der Waals surface area contributed by atoms with Crippen molar-refractivity contribution in [1.29, 1.82) is 0 Å². The van der Waals surface area contributed by atoms with Crippen molar-refractivity contribution in [3.8, 4) is 0 Å². The molecule has 0 fully saturated rings. The zero-order valence-corrected chi connectivity index (χ0v) is 24.5. The SMILES string of the molecule is CCCCCCCCC(CCCCCCCCC=CCCCCCCCC(=O)OC)CCN(C)C. The molecule has 3 heteroatoms. The average molecular weight is 494 g/mol. The van der Waals surface area contributed by atoms with Crippen LogP contribution >= 0.6 is 0 Å². The van der Waals surface area contributed by atoms with E-state index in [1.165, 1.54) is 142 Å². The van der Waals surface area contributed by atoms with E-state index in [0.29, 0.717) is 6.42 Å². The van der Waals surface area contributed by atoms with Gasteiger partial charge in [0.1, 0.15) is 0 Å². The van der Waals surface area contributed by atoms with Crippen LogP contribution in [0.4, 0.5) is 0 Å². The molecule has 0 aromatic rings. The molecule has 1 unspecified atom stereocenters. The topological polar surface area (TPSA) is 29.5 Å². The molecule has 0 aliphatic rings. The number of methoxy groups -OCH3 is 1. The molecule has 0 aromatic heterocycles. The largest absolute Gasteiger partial charge is 0.469 e. The van der Waals surface area contributed by atoms with Gasteiger partial charge >= 0.3 is 5.97 Å². The van der Waals surface area contributed by atoms with Gasteiger partial charge in [0, 0.05) is 6.42 Å². The number of carbonyl (C=O) groups is 1. The number of carbonyl (C=O) groups excluding carboxylic acids is 1. The van der Waals surface area contributed by atoms with Crippen LogP contribution in [0.2, 0.25) is 0 Å². The molecule has 0 spiro atoms. The van der Waals surface area contributed by atoms with Gasteiger partial charge in [0.2, 0.25) is 0 Å². The first-order valence-electron chi connectivity index (χ1n) is 15.5. The maximum atomic E-state index is 11.1. The fourth-order valence-electron chi connectivity index (χ4n) is 4.89. The van der Waals surface area contributed by atoms with Gasteiger partial charge in [-0.15, -0.1) is 0 Å². The Bertz CT molecular complexity index is 460. The molecule has 0 bridgehead atoms. The Morgan fingerprint density at radius 3 is 1.60 bits per heavy atom. The molecule has 1 atom stereocenters. The highest BCUT2D eigenvalue weighted by Crippen LogP contribution is 2.22. The highest BCUT2D eigenvalue weighted by molar-refractivity contribution is 5.68. The number of ether oxygens (including phenoxy) is 1. The second-order valence-corrected chi connectivity index (χ2v) is 11.1. The fourth-order valence-corrected chi connectivity index (χ4v) is 4.89. The summed E-state index contributed by atoms with van der Waals surface area (Å²) in [4.78, 5) is 13.4. The molecule has 0 amide bonds. The summed E-state index contributed by atoms with van der Waals surface area (Å²) in [7, 11) is 5.90. The van der Waals surface area contributed by atoms with E-state index in [4.69, 9.17) is 0 Å². The van der Waals surface area contributed by atoms with E-state index in [2.05, 4.69) is 42.8 Å². The van der Waals surface area contributed by atoms with E-state index >= 15 is 0 Å². The quantitative estimate of drug-likeness (QED) is 0.0647. The lowest BCUT2D eigenvalue weighted by Gasteiger charge is -2.19. The molecule has 0 saturated heterocycles. The lowest BCUT2D eigenvalue weighted by molar-refractivity contribution is -0.140. The van der Waals surface area contributed by atoms with Crippen molar-refractivity contribution < 1.29 is 9.53 Å². The zero-order chi connectivity index (χ0) is 25.8. The van der Waals surface area contributed by atoms with Gasteiger partial charge in [-0.05, 0) is 65.1 Å². The highest BCUT2D eigenvalue weighted by Gasteiger charge is 2.09. The summed E-state index contributed by atoms with van der Waals surface area (Å²) in [6.45, 7) is 3.56. The molecule has 0 radical (unpaired) electrons. The number of esters is 1. The number of hydrogen-bond donors (Lipinski definition) is 0. The Balaban J connectivity index is 3.55. The highest BCUT2D eigenvalue weighted by atomic mass is 16.5. The Morgan fingerprint density at radius 1 is 0.657 bits per heavy atom. The lowest BCUT2D eigenvalue weighted by Crippen LogP contribution is -2.17. The predicted molar refractivity (Wildman–Crippen MR) is 155 cm³/mol. The zero-order valence-electron chi connectivity index (χ0n) is 24.5. The van der Waals surface area contributed by atoms with Crippen molar-refractivity contribution in [3.05, 3.63) is 12.2 Å². The summed E-state index contributed by atoms with van der Waals surface area (Å²) in [5.41, 5.74) is 0. The molecule has 0 saturated carbocycles. The molecule has 35 heavy (non-hydrogen) atoms. The third-order valence-corrected chi connectivity index (χ3v) is 7.33. The first-order valence-corrected chi connectivity index (χ1v) is 15.5. The number of unbranched alkanes of at least 4 members (excludes halogenated alkanes) is 16. The Kier molecular flexibility index (Phi) is 27.1. The van der Waals surface area contributed by atoms with Crippen molar-refractivity contribution in [2.75, 3.05) is 27.7 Å². The van der Waals surface area contributed by atoms with E-state index in [-0.39, 0.29) is 5.97 Å². The normalized spacial score (nSPS) is 12.6. The van der Waals surface area contributed by atoms with Crippen molar-refractivity contribution in [2.24, 2.45) is 5.92 Å². The van der Waals surface area contributed by atoms with E-state index in [0.717, 1.165) is 18.8 Å². The summed E-state index contributed by atoms with van der Waals surface area (Å²) in [5.74, 6) is 0.879. The van der Waals surface area contributed by atoms with Crippen LogP contribution < -0.4 is 0 Å². The van der Waals surface area contributed by atoms with Crippen molar-refractivity contribution in [3.63, 3.8) is 0 Å². The van der Waals surface area contributed by atoms with Crippen LogP contribution in [0.1, 0.15) is 155 Å². The molecule has 0 aromatic carbocycles. The third kappa shape index (κ3) is 27.6. The minimum absolute atomic E-state index is 0.0732. The minimum Gasteiger partial charge on any atom is -0.469 e.